The number of hydrogen-bond donors (Lipinski definition) is 2. The van der Waals surface area contributed by atoms with Crippen molar-refractivity contribution in [1.82, 2.24) is 29.9 Å². The second-order valence-electron chi connectivity index (χ2n) is 9.47. The molecule has 0 aliphatic heterocycles. The largest absolute Gasteiger partial charge is 0.489 e. The van der Waals surface area contributed by atoms with Gasteiger partial charge in [0.2, 0.25) is 11.8 Å². The molecule has 2 aliphatic carbocycles. The Morgan fingerprint density at radius 3 is 2.67 bits per heavy atom. The van der Waals surface area contributed by atoms with Crippen LogP contribution >= 0.6 is 0 Å². The number of nitrogens with one attached hydrogen (secondary N) is 1. The lowest BCUT2D eigenvalue weighted by Crippen LogP contribution is -2.29. The van der Waals surface area contributed by atoms with Crippen LogP contribution in [-0.4, -0.2) is 53.2 Å². The molecule has 190 valence electrons. The second-order valence-corrected chi connectivity index (χ2v) is 9.47. The fourth-order valence-corrected chi connectivity index (χ4v) is 4.55. The van der Waals surface area contributed by atoms with Gasteiger partial charge in [0.25, 0.3) is 0 Å². The number of carboxylic acid groups (broad SMARTS) is 1. The lowest BCUT2D eigenvalue weighted by molar-refractivity contribution is -0.143. The standard InChI is InChI=1S/C25H31N7O4/c1-15-21(35-18-8-3-5-16(13-18)24(33)34)10-9-19(28-15)23-20(32(2)31-30-23)14-27-25-26-12-11-22(29-25)36-17-6-4-7-17/h9-12,16-18H,3-8,13-14H2,1-2H3,(H,33,34)(H,26,27,29)/t16-,18-/m0/s1. The van der Waals surface area contributed by atoms with E-state index in [0.29, 0.717) is 48.4 Å². The number of aryl methyl sites for hydroxylation is 2. The predicted octanol–water partition coefficient (Wildman–Crippen LogP) is 3.54. The average Bonchev–Trinajstić information content (AvgIpc) is 3.22. The first kappa shape index (κ1) is 24.0. The lowest BCUT2D eigenvalue weighted by Gasteiger charge is -2.27. The molecule has 0 saturated heterocycles. The zero-order chi connectivity index (χ0) is 25.1. The third kappa shape index (κ3) is 5.39. The van der Waals surface area contributed by atoms with Gasteiger partial charge in [-0.15, -0.1) is 5.10 Å². The number of aromatic nitrogens is 6. The minimum atomic E-state index is -0.750. The number of pyridine rings is 1. The topological polar surface area (TPSA) is 137 Å². The molecule has 36 heavy (non-hydrogen) atoms. The van der Waals surface area contributed by atoms with E-state index in [1.54, 1.807) is 16.9 Å². The fourth-order valence-electron chi connectivity index (χ4n) is 4.55. The SMILES string of the molecule is Cc1nc(-c2nnn(C)c2CNc2nccc(OC3CCC3)n2)ccc1O[C@H]1CCC[C@H](C(=O)O)C1. The van der Waals surface area contributed by atoms with Crippen molar-refractivity contribution in [3.8, 4) is 23.0 Å². The highest BCUT2D eigenvalue weighted by atomic mass is 16.5. The Morgan fingerprint density at radius 2 is 1.92 bits per heavy atom. The summed E-state index contributed by atoms with van der Waals surface area (Å²) in [7, 11) is 1.83. The Kier molecular flexibility index (Phi) is 6.97. The summed E-state index contributed by atoms with van der Waals surface area (Å²) in [4.78, 5) is 24.8. The van der Waals surface area contributed by atoms with Crippen molar-refractivity contribution >= 4 is 11.9 Å². The molecule has 2 saturated carbocycles. The molecule has 2 fully saturated rings. The Hall–Kier alpha value is -3.76. The summed E-state index contributed by atoms with van der Waals surface area (Å²) in [5.41, 5.74) is 2.89. The number of carbonyl (C=O) groups is 1. The van der Waals surface area contributed by atoms with Gasteiger partial charge in [-0.05, 0) is 64.0 Å². The molecule has 0 spiro atoms. The van der Waals surface area contributed by atoms with Crippen LogP contribution in [0.15, 0.2) is 24.4 Å². The summed E-state index contributed by atoms with van der Waals surface area (Å²) in [6.45, 7) is 2.29. The highest BCUT2D eigenvalue weighted by Gasteiger charge is 2.28. The minimum Gasteiger partial charge on any atom is -0.489 e. The first-order valence-electron chi connectivity index (χ1n) is 12.5. The first-order chi connectivity index (χ1) is 17.5. The zero-order valence-electron chi connectivity index (χ0n) is 20.6. The number of carboxylic acids is 1. The lowest BCUT2D eigenvalue weighted by atomic mass is 9.87. The van der Waals surface area contributed by atoms with E-state index in [1.165, 1.54) is 6.42 Å². The maximum atomic E-state index is 11.4. The summed E-state index contributed by atoms with van der Waals surface area (Å²) < 4.78 is 13.7. The van der Waals surface area contributed by atoms with Crippen molar-refractivity contribution in [2.75, 3.05) is 5.32 Å². The monoisotopic (exact) mass is 493 g/mol. The van der Waals surface area contributed by atoms with E-state index < -0.39 is 5.97 Å². The number of hydrogen-bond acceptors (Lipinski definition) is 9. The predicted molar refractivity (Wildman–Crippen MR) is 131 cm³/mol. The van der Waals surface area contributed by atoms with Gasteiger partial charge in [0.15, 0.2) is 0 Å². The van der Waals surface area contributed by atoms with E-state index in [2.05, 4.69) is 25.6 Å². The van der Waals surface area contributed by atoms with Crippen LogP contribution < -0.4 is 14.8 Å². The van der Waals surface area contributed by atoms with Gasteiger partial charge in [0.1, 0.15) is 17.5 Å². The summed E-state index contributed by atoms with van der Waals surface area (Å²) in [5, 5.41) is 21.1. The highest BCUT2D eigenvalue weighted by molar-refractivity contribution is 5.70. The number of rotatable bonds is 9. The van der Waals surface area contributed by atoms with E-state index in [0.717, 1.165) is 37.1 Å². The van der Waals surface area contributed by atoms with Gasteiger partial charge in [-0.3, -0.25) is 4.79 Å². The molecule has 11 nitrogen and oxygen atoms in total. The van der Waals surface area contributed by atoms with Crippen molar-refractivity contribution in [1.29, 1.82) is 0 Å². The molecule has 0 bridgehead atoms. The molecule has 3 aromatic rings. The molecule has 0 aromatic carbocycles. The van der Waals surface area contributed by atoms with E-state index in [9.17, 15) is 9.90 Å². The van der Waals surface area contributed by atoms with E-state index in [1.807, 2.05) is 26.1 Å². The van der Waals surface area contributed by atoms with Gasteiger partial charge in [0.05, 0.1) is 35.6 Å². The summed E-state index contributed by atoms with van der Waals surface area (Å²) >= 11 is 0. The normalized spacial score (nSPS) is 19.9. The van der Waals surface area contributed by atoms with Gasteiger partial charge in [-0.25, -0.2) is 14.6 Å². The van der Waals surface area contributed by atoms with Crippen molar-refractivity contribution in [3.63, 3.8) is 0 Å². The molecule has 11 heteroatoms. The fraction of sp³-hybridized carbons (Fsp3) is 0.520. The molecule has 3 heterocycles. The van der Waals surface area contributed by atoms with Crippen molar-refractivity contribution < 1.29 is 19.4 Å². The molecular formula is C25H31N7O4. The van der Waals surface area contributed by atoms with Crippen molar-refractivity contribution in [2.45, 2.75) is 70.6 Å². The van der Waals surface area contributed by atoms with Crippen LogP contribution in [0, 0.1) is 12.8 Å². The Labute approximate surface area is 209 Å². The maximum Gasteiger partial charge on any atom is 0.306 e. The van der Waals surface area contributed by atoms with Crippen LogP contribution in [0.1, 0.15) is 56.3 Å². The average molecular weight is 494 g/mol. The smallest absolute Gasteiger partial charge is 0.306 e. The zero-order valence-corrected chi connectivity index (χ0v) is 20.6. The van der Waals surface area contributed by atoms with Gasteiger partial charge in [-0.2, -0.15) is 4.98 Å². The molecule has 3 aromatic heterocycles. The third-order valence-electron chi connectivity index (χ3n) is 6.88. The highest BCUT2D eigenvalue weighted by Crippen LogP contribution is 2.30. The molecule has 2 atom stereocenters. The third-order valence-corrected chi connectivity index (χ3v) is 6.88. The van der Waals surface area contributed by atoms with E-state index >= 15 is 0 Å². The van der Waals surface area contributed by atoms with Crippen LogP contribution in [0.2, 0.25) is 0 Å². The van der Waals surface area contributed by atoms with Crippen LogP contribution in [0.4, 0.5) is 5.95 Å². The summed E-state index contributed by atoms with van der Waals surface area (Å²) in [5.74, 6) is 0.607. The number of anilines is 1. The molecule has 5 rings (SSSR count). The van der Waals surface area contributed by atoms with Gasteiger partial charge < -0.3 is 19.9 Å². The second kappa shape index (κ2) is 10.5. The Morgan fingerprint density at radius 1 is 1.11 bits per heavy atom. The summed E-state index contributed by atoms with van der Waals surface area (Å²) in [6, 6.07) is 5.50. The minimum absolute atomic E-state index is 0.119. The number of aliphatic carboxylic acids is 1. The van der Waals surface area contributed by atoms with Crippen molar-refractivity contribution in [2.24, 2.45) is 13.0 Å². The quantitative estimate of drug-likeness (QED) is 0.455. The molecule has 0 radical (unpaired) electrons. The van der Waals surface area contributed by atoms with Crippen LogP contribution in [0.5, 0.6) is 11.6 Å². The molecule has 2 N–H and O–H groups in total. The number of ether oxygens (including phenoxy) is 2. The van der Waals surface area contributed by atoms with Crippen LogP contribution in [0.25, 0.3) is 11.4 Å². The van der Waals surface area contributed by atoms with E-state index in [4.69, 9.17) is 14.5 Å². The molecule has 2 aliphatic rings. The Balaban J connectivity index is 1.26. The van der Waals surface area contributed by atoms with Gasteiger partial charge in [0, 0.05) is 19.3 Å². The Bertz CT molecular complexity index is 1230. The maximum absolute atomic E-state index is 11.4. The van der Waals surface area contributed by atoms with Crippen molar-refractivity contribution in [3.05, 3.63) is 35.8 Å². The van der Waals surface area contributed by atoms with E-state index in [-0.39, 0.29) is 18.1 Å². The van der Waals surface area contributed by atoms with Gasteiger partial charge in [-0.1, -0.05) is 5.21 Å². The van der Waals surface area contributed by atoms with Gasteiger partial charge >= 0.3 is 5.97 Å². The van der Waals surface area contributed by atoms with Crippen LogP contribution in [0.3, 0.4) is 0 Å². The molecule has 0 unspecified atom stereocenters. The summed E-state index contributed by atoms with van der Waals surface area (Å²) in [6.07, 6.45) is 8.06. The first-order valence-corrected chi connectivity index (χ1v) is 12.5. The molecular weight excluding hydrogens is 462 g/mol. The van der Waals surface area contributed by atoms with Crippen LogP contribution in [-0.2, 0) is 18.4 Å². The number of nitrogens with zero attached hydrogens (tertiary/aromatic N) is 6. The molecule has 0 amide bonds.